The average Bonchev–Trinajstić information content (AvgIpc) is 2.20. The molecule has 1 rings (SSSR count). The molecule has 0 heterocycles. The van der Waals surface area contributed by atoms with Gasteiger partial charge in [0.2, 0.25) is 0 Å². The number of hydrogen-bond acceptors (Lipinski definition) is 3. The van der Waals surface area contributed by atoms with Gasteiger partial charge in [0, 0.05) is 11.4 Å². The van der Waals surface area contributed by atoms with Crippen LogP contribution in [0.2, 0.25) is 0 Å². The second-order valence-corrected chi connectivity index (χ2v) is 4.22. The molecule has 1 aromatic carbocycles. The van der Waals surface area contributed by atoms with Crippen LogP contribution in [0.3, 0.4) is 0 Å². The van der Waals surface area contributed by atoms with Crippen LogP contribution in [0.4, 0.5) is 5.69 Å². The van der Waals surface area contributed by atoms with Crippen molar-refractivity contribution in [1.29, 1.82) is 0 Å². The summed E-state index contributed by atoms with van der Waals surface area (Å²) in [4.78, 5) is 10.9. The summed E-state index contributed by atoms with van der Waals surface area (Å²) in [6.07, 6.45) is 1.90. The van der Waals surface area contributed by atoms with Crippen LogP contribution >= 0.6 is 11.8 Å². The fourth-order valence-electron chi connectivity index (χ4n) is 1.26. The van der Waals surface area contributed by atoms with Crippen LogP contribution in [0, 0.1) is 6.92 Å². The van der Waals surface area contributed by atoms with Crippen molar-refractivity contribution < 1.29 is 9.90 Å². The van der Waals surface area contributed by atoms with E-state index in [2.05, 4.69) is 5.32 Å². The summed E-state index contributed by atoms with van der Waals surface area (Å²) in [6, 6.07) is 7.16. The maximum atomic E-state index is 10.9. The van der Waals surface area contributed by atoms with E-state index in [1.807, 2.05) is 37.4 Å². The molecular weight excluding hydrogens is 210 g/mol. The standard InChI is InChI=1S/C11H15NO2S/c1-8-5-3-4-6-9(8)12-10(7-15-2)11(13)14/h3-6,10,12H,7H2,1-2H3,(H,13,14)/t10-/m0/s1. The number of nitrogens with one attached hydrogen (secondary N) is 1. The van der Waals surface area contributed by atoms with Gasteiger partial charge in [0.1, 0.15) is 6.04 Å². The molecule has 15 heavy (non-hydrogen) atoms. The summed E-state index contributed by atoms with van der Waals surface area (Å²) in [5, 5.41) is 12.0. The smallest absolute Gasteiger partial charge is 0.326 e. The molecule has 0 unspecified atom stereocenters. The van der Waals surface area contributed by atoms with Gasteiger partial charge in [0.25, 0.3) is 0 Å². The summed E-state index contributed by atoms with van der Waals surface area (Å²) in [5.41, 5.74) is 1.95. The Balaban J connectivity index is 2.74. The molecule has 1 atom stereocenters. The number of anilines is 1. The first-order valence-corrected chi connectivity index (χ1v) is 6.08. The van der Waals surface area contributed by atoms with Crippen LogP contribution in [0.25, 0.3) is 0 Å². The van der Waals surface area contributed by atoms with Crippen LogP contribution in [0.15, 0.2) is 24.3 Å². The van der Waals surface area contributed by atoms with Crippen molar-refractivity contribution in [3.8, 4) is 0 Å². The molecular formula is C11H15NO2S. The topological polar surface area (TPSA) is 49.3 Å². The lowest BCUT2D eigenvalue weighted by atomic mass is 10.2. The second-order valence-electron chi connectivity index (χ2n) is 3.31. The van der Waals surface area contributed by atoms with E-state index in [1.165, 1.54) is 11.8 Å². The first-order chi connectivity index (χ1) is 7.15. The molecule has 0 aliphatic heterocycles. The van der Waals surface area contributed by atoms with E-state index in [0.717, 1.165) is 11.3 Å². The van der Waals surface area contributed by atoms with Crippen molar-refractivity contribution in [2.45, 2.75) is 13.0 Å². The van der Waals surface area contributed by atoms with Gasteiger partial charge in [-0.15, -0.1) is 0 Å². The van der Waals surface area contributed by atoms with Gasteiger partial charge in [-0.25, -0.2) is 4.79 Å². The minimum Gasteiger partial charge on any atom is -0.480 e. The van der Waals surface area contributed by atoms with E-state index >= 15 is 0 Å². The van der Waals surface area contributed by atoms with Gasteiger partial charge < -0.3 is 10.4 Å². The van der Waals surface area contributed by atoms with Gasteiger partial charge in [0.15, 0.2) is 0 Å². The molecule has 0 radical (unpaired) electrons. The fraction of sp³-hybridized carbons (Fsp3) is 0.364. The Morgan fingerprint density at radius 2 is 2.20 bits per heavy atom. The molecule has 0 aromatic heterocycles. The number of aliphatic carboxylic acids is 1. The Hall–Kier alpha value is -1.16. The highest BCUT2D eigenvalue weighted by Gasteiger charge is 2.16. The largest absolute Gasteiger partial charge is 0.480 e. The third-order valence-electron chi connectivity index (χ3n) is 2.11. The molecule has 0 saturated heterocycles. The summed E-state index contributed by atoms with van der Waals surface area (Å²) >= 11 is 1.52. The average molecular weight is 225 g/mol. The minimum atomic E-state index is -0.812. The Morgan fingerprint density at radius 1 is 1.53 bits per heavy atom. The predicted molar refractivity (Wildman–Crippen MR) is 64.6 cm³/mol. The van der Waals surface area contributed by atoms with Gasteiger partial charge >= 0.3 is 5.97 Å². The van der Waals surface area contributed by atoms with E-state index in [4.69, 9.17) is 5.11 Å². The Labute approximate surface area is 93.9 Å². The molecule has 0 amide bonds. The van der Waals surface area contributed by atoms with Crippen molar-refractivity contribution in [3.63, 3.8) is 0 Å². The van der Waals surface area contributed by atoms with Crippen molar-refractivity contribution >= 4 is 23.4 Å². The second kappa shape index (κ2) is 5.66. The molecule has 0 saturated carbocycles. The van der Waals surface area contributed by atoms with Gasteiger partial charge in [-0.1, -0.05) is 18.2 Å². The first kappa shape index (κ1) is 11.9. The molecule has 1 aromatic rings. The monoisotopic (exact) mass is 225 g/mol. The Kier molecular flexibility index (Phi) is 4.49. The normalized spacial score (nSPS) is 12.1. The van der Waals surface area contributed by atoms with E-state index in [0.29, 0.717) is 5.75 Å². The summed E-state index contributed by atoms with van der Waals surface area (Å²) in [5.74, 6) is -0.253. The summed E-state index contributed by atoms with van der Waals surface area (Å²) in [6.45, 7) is 1.96. The van der Waals surface area contributed by atoms with Gasteiger partial charge in [-0.05, 0) is 24.8 Å². The van der Waals surface area contributed by atoms with Crippen molar-refractivity contribution in [2.75, 3.05) is 17.3 Å². The lowest BCUT2D eigenvalue weighted by molar-refractivity contribution is -0.137. The number of thioether (sulfide) groups is 1. The predicted octanol–water partition coefficient (Wildman–Crippen LogP) is 2.22. The third kappa shape index (κ3) is 3.47. The van der Waals surface area contributed by atoms with Crippen LogP contribution in [0.1, 0.15) is 5.56 Å². The SMILES string of the molecule is CSC[C@H](Nc1ccccc1C)C(=O)O. The summed E-state index contributed by atoms with van der Waals surface area (Å²) in [7, 11) is 0. The van der Waals surface area contributed by atoms with E-state index in [-0.39, 0.29) is 0 Å². The van der Waals surface area contributed by atoms with Gasteiger partial charge in [0.05, 0.1) is 0 Å². The number of rotatable bonds is 5. The highest BCUT2D eigenvalue weighted by atomic mass is 32.2. The molecule has 0 fully saturated rings. The molecule has 0 spiro atoms. The number of aryl methyl sites for hydroxylation is 1. The molecule has 0 aliphatic rings. The number of hydrogen-bond donors (Lipinski definition) is 2. The lowest BCUT2D eigenvalue weighted by Crippen LogP contribution is -2.31. The number of carboxylic acids is 1. The molecule has 2 N–H and O–H groups in total. The molecule has 3 nitrogen and oxygen atoms in total. The number of carbonyl (C=O) groups is 1. The highest BCUT2D eigenvalue weighted by molar-refractivity contribution is 7.98. The zero-order valence-corrected chi connectivity index (χ0v) is 9.67. The number of benzene rings is 1. The highest BCUT2D eigenvalue weighted by Crippen LogP contribution is 2.15. The molecule has 4 heteroatoms. The Bertz CT molecular complexity index is 341. The van der Waals surface area contributed by atoms with Crippen LogP contribution in [0.5, 0.6) is 0 Å². The van der Waals surface area contributed by atoms with Gasteiger partial charge in [-0.3, -0.25) is 0 Å². The van der Waals surface area contributed by atoms with Crippen molar-refractivity contribution in [1.82, 2.24) is 0 Å². The quantitative estimate of drug-likeness (QED) is 0.806. The van der Waals surface area contributed by atoms with E-state index in [1.54, 1.807) is 0 Å². The van der Waals surface area contributed by atoms with E-state index in [9.17, 15) is 4.79 Å². The minimum absolute atomic E-state index is 0.527. The number of carboxylic acid groups (broad SMARTS) is 1. The maximum Gasteiger partial charge on any atom is 0.326 e. The zero-order chi connectivity index (χ0) is 11.3. The third-order valence-corrected chi connectivity index (χ3v) is 2.77. The van der Waals surface area contributed by atoms with Crippen molar-refractivity contribution in [2.24, 2.45) is 0 Å². The van der Waals surface area contributed by atoms with Crippen molar-refractivity contribution in [3.05, 3.63) is 29.8 Å². The fourth-order valence-corrected chi connectivity index (χ4v) is 1.82. The van der Waals surface area contributed by atoms with Crippen LogP contribution < -0.4 is 5.32 Å². The molecule has 82 valence electrons. The zero-order valence-electron chi connectivity index (χ0n) is 8.86. The lowest BCUT2D eigenvalue weighted by Gasteiger charge is -2.16. The first-order valence-electron chi connectivity index (χ1n) is 4.69. The number of para-hydroxylation sites is 1. The van der Waals surface area contributed by atoms with E-state index < -0.39 is 12.0 Å². The van der Waals surface area contributed by atoms with Crippen LogP contribution in [-0.2, 0) is 4.79 Å². The maximum absolute atomic E-state index is 10.9. The molecule has 0 aliphatic carbocycles. The Morgan fingerprint density at radius 3 is 2.73 bits per heavy atom. The molecule has 0 bridgehead atoms. The van der Waals surface area contributed by atoms with Crippen LogP contribution in [-0.4, -0.2) is 29.1 Å². The summed E-state index contributed by atoms with van der Waals surface area (Å²) < 4.78 is 0. The van der Waals surface area contributed by atoms with Gasteiger partial charge in [-0.2, -0.15) is 11.8 Å².